The van der Waals surface area contributed by atoms with Gasteiger partial charge in [-0.3, -0.25) is 4.90 Å². The number of hydrogen-bond acceptors (Lipinski definition) is 2. The Morgan fingerprint density at radius 1 is 1.32 bits per heavy atom. The van der Waals surface area contributed by atoms with E-state index in [2.05, 4.69) is 44.7 Å². The first-order chi connectivity index (χ1) is 8.93. The van der Waals surface area contributed by atoms with Gasteiger partial charge in [-0.1, -0.05) is 51.4 Å². The predicted octanol–water partition coefficient (Wildman–Crippen LogP) is 4.10. The van der Waals surface area contributed by atoms with Crippen LogP contribution in [0.25, 0.3) is 0 Å². The van der Waals surface area contributed by atoms with Crippen molar-refractivity contribution >= 4 is 11.6 Å². The molecular weight excluding hydrogens is 256 g/mol. The molecule has 3 heteroatoms. The van der Waals surface area contributed by atoms with Crippen molar-refractivity contribution in [2.75, 3.05) is 19.6 Å². The van der Waals surface area contributed by atoms with Crippen LogP contribution >= 0.6 is 11.6 Å². The van der Waals surface area contributed by atoms with Gasteiger partial charge in [-0.15, -0.1) is 0 Å². The maximum absolute atomic E-state index is 6.12. The van der Waals surface area contributed by atoms with Crippen molar-refractivity contribution in [2.24, 2.45) is 11.1 Å². The van der Waals surface area contributed by atoms with Gasteiger partial charge in [0.05, 0.1) is 0 Å². The fourth-order valence-electron chi connectivity index (χ4n) is 2.48. The molecule has 0 fully saturated rings. The third-order valence-corrected chi connectivity index (χ3v) is 3.89. The fraction of sp³-hybridized carbons (Fsp3) is 0.625. The van der Waals surface area contributed by atoms with Crippen molar-refractivity contribution in [2.45, 2.75) is 40.2 Å². The SMILES string of the molecule is CCC(c1cccc(Cl)c1)N(CC)CC(C)(C)CN. The van der Waals surface area contributed by atoms with Crippen molar-refractivity contribution in [3.8, 4) is 0 Å². The third-order valence-electron chi connectivity index (χ3n) is 3.65. The Bertz CT molecular complexity index is 390. The Morgan fingerprint density at radius 2 is 2.00 bits per heavy atom. The lowest BCUT2D eigenvalue weighted by molar-refractivity contribution is 0.135. The van der Waals surface area contributed by atoms with E-state index >= 15 is 0 Å². The molecule has 2 N–H and O–H groups in total. The summed E-state index contributed by atoms with van der Waals surface area (Å²) in [5, 5.41) is 0.810. The molecule has 0 heterocycles. The van der Waals surface area contributed by atoms with Crippen LogP contribution in [0.4, 0.5) is 0 Å². The molecule has 0 saturated carbocycles. The zero-order valence-corrected chi connectivity index (χ0v) is 13.4. The molecule has 2 nitrogen and oxygen atoms in total. The van der Waals surface area contributed by atoms with Crippen LogP contribution in [0.5, 0.6) is 0 Å². The van der Waals surface area contributed by atoms with E-state index in [9.17, 15) is 0 Å². The molecule has 1 atom stereocenters. The van der Waals surface area contributed by atoms with E-state index in [0.717, 1.165) is 24.5 Å². The average Bonchev–Trinajstić information content (AvgIpc) is 2.38. The van der Waals surface area contributed by atoms with Gasteiger partial charge in [-0.25, -0.2) is 0 Å². The summed E-state index contributed by atoms with van der Waals surface area (Å²) in [6.07, 6.45) is 1.08. The monoisotopic (exact) mass is 282 g/mol. The third kappa shape index (κ3) is 4.79. The fourth-order valence-corrected chi connectivity index (χ4v) is 2.67. The first-order valence-electron chi connectivity index (χ1n) is 7.13. The second-order valence-electron chi connectivity index (χ2n) is 5.91. The number of hydrogen-bond donors (Lipinski definition) is 1. The van der Waals surface area contributed by atoms with Crippen LogP contribution in [0.1, 0.15) is 45.7 Å². The summed E-state index contributed by atoms with van der Waals surface area (Å²) in [5.74, 6) is 0. The molecule has 19 heavy (non-hydrogen) atoms. The molecule has 0 radical (unpaired) electrons. The second-order valence-corrected chi connectivity index (χ2v) is 6.35. The number of nitrogens with zero attached hydrogens (tertiary/aromatic N) is 1. The second kappa shape index (κ2) is 7.28. The Labute approximate surface area is 122 Å². The molecule has 1 aromatic rings. The van der Waals surface area contributed by atoms with Gasteiger partial charge >= 0.3 is 0 Å². The van der Waals surface area contributed by atoms with Gasteiger partial charge in [0.1, 0.15) is 0 Å². The molecular formula is C16H27ClN2. The van der Waals surface area contributed by atoms with Crippen LogP contribution in [-0.2, 0) is 0 Å². The summed E-state index contributed by atoms with van der Waals surface area (Å²) in [5.41, 5.74) is 7.30. The normalized spacial score (nSPS) is 13.8. The van der Waals surface area contributed by atoms with Crippen LogP contribution in [-0.4, -0.2) is 24.5 Å². The van der Waals surface area contributed by atoms with Crippen LogP contribution in [0, 0.1) is 5.41 Å². The zero-order valence-electron chi connectivity index (χ0n) is 12.6. The molecule has 0 saturated heterocycles. The Kier molecular flexibility index (Phi) is 6.31. The minimum absolute atomic E-state index is 0.141. The Morgan fingerprint density at radius 3 is 2.47 bits per heavy atom. The molecule has 0 aromatic heterocycles. The van der Waals surface area contributed by atoms with Gasteiger partial charge in [-0.2, -0.15) is 0 Å². The van der Waals surface area contributed by atoms with Crippen molar-refractivity contribution in [3.05, 3.63) is 34.9 Å². The van der Waals surface area contributed by atoms with Crippen molar-refractivity contribution in [1.82, 2.24) is 4.90 Å². The summed E-state index contributed by atoms with van der Waals surface area (Å²) >= 11 is 6.12. The van der Waals surface area contributed by atoms with Crippen molar-refractivity contribution < 1.29 is 0 Å². The highest BCUT2D eigenvalue weighted by molar-refractivity contribution is 6.30. The van der Waals surface area contributed by atoms with E-state index in [1.54, 1.807) is 0 Å². The van der Waals surface area contributed by atoms with Crippen molar-refractivity contribution in [3.63, 3.8) is 0 Å². The number of nitrogens with two attached hydrogens (primary N) is 1. The molecule has 1 unspecified atom stereocenters. The average molecular weight is 283 g/mol. The molecule has 0 amide bonds. The van der Waals surface area contributed by atoms with Crippen LogP contribution < -0.4 is 5.73 Å². The first-order valence-corrected chi connectivity index (χ1v) is 7.51. The maximum atomic E-state index is 6.12. The topological polar surface area (TPSA) is 29.3 Å². The number of benzene rings is 1. The first kappa shape index (κ1) is 16.5. The molecule has 0 aliphatic carbocycles. The smallest absolute Gasteiger partial charge is 0.0409 e. The maximum Gasteiger partial charge on any atom is 0.0409 e. The molecule has 0 bridgehead atoms. The zero-order chi connectivity index (χ0) is 14.5. The van der Waals surface area contributed by atoms with Gasteiger partial charge in [0.2, 0.25) is 0 Å². The quantitative estimate of drug-likeness (QED) is 0.816. The van der Waals surface area contributed by atoms with Crippen LogP contribution in [0.15, 0.2) is 24.3 Å². The van der Waals surface area contributed by atoms with Gasteiger partial charge in [0.15, 0.2) is 0 Å². The van der Waals surface area contributed by atoms with Gasteiger partial charge in [0.25, 0.3) is 0 Å². The largest absolute Gasteiger partial charge is 0.330 e. The highest BCUT2D eigenvalue weighted by Crippen LogP contribution is 2.29. The molecule has 1 aromatic carbocycles. The van der Waals surface area contributed by atoms with Crippen LogP contribution in [0.3, 0.4) is 0 Å². The summed E-state index contributed by atoms with van der Waals surface area (Å²) in [7, 11) is 0. The number of halogens is 1. The number of rotatable bonds is 7. The summed E-state index contributed by atoms with van der Waals surface area (Å²) in [6.45, 7) is 11.6. The molecule has 0 aliphatic heterocycles. The molecule has 108 valence electrons. The lowest BCUT2D eigenvalue weighted by Crippen LogP contribution is -2.40. The van der Waals surface area contributed by atoms with E-state index in [1.807, 2.05) is 12.1 Å². The highest BCUT2D eigenvalue weighted by atomic mass is 35.5. The summed E-state index contributed by atoms with van der Waals surface area (Å²) in [6, 6.07) is 8.61. The van der Waals surface area contributed by atoms with Gasteiger partial charge in [-0.05, 0) is 42.6 Å². The van der Waals surface area contributed by atoms with Crippen LogP contribution in [0.2, 0.25) is 5.02 Å². The summed E-state index contributed by atoms with van der Waals surface area (Å²) in [4.78, 5) is 2.50. The molecule has 0 spiro atoms. The van der Waals surface area contributed by atoms with Crippen molar-refractivity contribution in [1.29, 1.82) is 0 Å². The van der Waals surface area contributed by atoms with E-state index in [1.165, 1.54) is 5.56 Å². The van der Waals surface area contributed by atoms with Gasteiger partial charge < -0.3 is 5.73 Å². The minimum Gasteiger partial charge on any atom is -0.330 e. The van der Waals surface area contributed by atoms with Gasteiger partial charge in [0, 0.05) is 17.6 Å². The van der Waals surface area contributed by atoms with E-state index in [-0.39, 0.29) is 5.41 Å². The molecule has 0 aliphatic rings. The van der Waals surface area contributed by atoms with E-state index < -0.39 is 0 Å². The Balaban J connectivity index is 2.93. The van der Waals surface area contributed by atoms with E-state index in [4.69, 9.17) is 17.3 Å². The van der Waals surface area contributed by atoms with E-state index in [0.29, 0.717) is 12.6 Å². The lowest BCUT2D eigenvalue weighted by Gasteiger charge is -2.36. The summed E-state index contributed by atoms with van der Waals surface area (Å²) < 4.78 is 0. The standard InChI is InChI=1S/C16H27ClN2/c1-5-15(13-8-7-9-14(17)10-13)19(6-2)12-16(3,4)11-18/h7-10,15H,5-6,11-12,18H2,1-4H3. The Hall–Kier alpha value is -0.570. The molecule has 1 rings (SSSR count). The predicted molar refractivity (Wildman–Crippen MR) is 84.6 cm³/mol. The minimum atomic E-state index is 0.141. The lowest BCUT2D eigenvalue weighted by atomic mass is 9.91. The highest BCUT2D eigenvalue weighted by Gasteiger charge is 2.24.